The molecule has 2 rings (SSSR count). The average Bonchev–Trinajstić information content (AvgIpc) is 2.61. The largest absolute Gasteiger partial charge is 0.484 e. The number of carbonyl (C=O) groups excluding carboxylic acids is 2. The molecule has 0 atom stereocenters. The van der Waals surface area contributed by atoms with Crippen LogP contribution in [0.3, 0.4) is 0 Å². The first kappa shape index (κ1) is 19.3. The number of hydrogen-bond acceptors (Lipinski definition) is 3. The molecule has 0 aliphatic rings. The van der Waals surface area contributed by atoms with Crippen molar-refractivity contribution in [2.45, 2.75) is 26.8 Å². The van der Waals surface area contributed by atoms with E-state index in [4.69, 9.17) is 4.74 Å². The quantitative estimate of drug-likeness (QED) is 0.832. The van der Waals surface area contributed by atoms with E-state index in [-0.39, 0.29) is 24.6 Å². The number of benzene rings is 2. The molecule has 2 aromatic rings. The molecule has 138 valence electrons. The first-order valence-corrected chi connectivity index (χ1v) is 8.49. The topological polar surface area (TPSA) is 70.7 Å². The lowest BCUT2D eigenvalue weighted by atomic mass is 10.2. The number of amides is 3. The third-order valence-electron chi connectivity index (χ3n) is 3.65. The van der Waals surface area contributed by atoms with Crippen LogP contribution in [0.1, 0.15) is 19.4 Å². The number of carbonyl (C=O) groups is 2. The minimum atomic E-state index is -0.230. The highest BCUT2D eigenvalue weighted by atomic mass is 16.5. The van der Waals surface area contributed by atoms with Gasteiger partial charge in [0.15, 0.2) is 6.61 Å². The number of urea groups is 1. The van der Waals surface area contributed by atoms with Crippen LogP contribution >= 0.6 is 0 Å². The fourth-order valence-electron chi connectivity index (χ4n) is 2.21. The van der Waals surface area contributed by atoms with Crippen molar-refractivity contribution in [1.82, 2.24) is 5.32 Å². The Morgan fingerprint density at radius 2 is 1.65 bits per heavy atom. The van der Waals surface area contributed by atoms with Gasteiger partial charge in [-0.15, -0.1) is 0 Å². The molecular weight excluding hydrogens is 330 g/mol. The summed E-state index contributed by atoms with van der Waals surface area (Å²) in [6.07, 6.45) is 0. The Bertz CT molecular complexity index is 740. The van der Waals surface area contributed by atoms with Gasteiger partial charge < -0.3 is 15.4 Å². The number of anilines is 2. The summed E-state index contributed by atoms with van der Waals surface area (Å²) in [6, 6.07) is 14.5. The summed E-state index contributed by atoms with van der Waals surface area (Å²) in [7, 11) is 1.70. The monoisotopic (exact) mass is 355 g/mol. The van der Waals surface area contributed by atoms with E-state index in [9.17, 15) is 9.59 Å². The summed E-state index contributed by atoms with van der Waals surface area (Å²) >= 11 is 0. The van der Waals surface area contributed by atoms with E-state index in [1.807, 2.05) is 45.0 Å². The van der Waals surface area contributed by atoms with Crippen LogP contribution in [0.25, 0.3) is 0 Å². The average molecular weight is 355 g/mol. The second kappa shape index (κ2) is 8.89. The van der Waals surface area contributed by atoms with Crippen molar-refractivity contribution in [2.24, 2.45) is 0 Å². The molecule has 6 heteroatoms. The lowest BCUT2D eigenvalue weighted by Crippen LogP contribution is -2.40. The molecule has 3 amide bonds. The minimum Gasteiger partial charge on any atom is -0.484 e. The Morgan fingerprint density at radius 1 is 1.04 bits per heavy atom. The number of ether oxygens (including phenoxy) is 1. The van der Waals surface area contributed by atoms with Crippen LogP contribution in [0, 0.1) is 6.92 Å². The van der Waals surface area contributed by atoms with Gasteiger partial charge in [0.2, 0.25) is 0 Å². The van der Waals surface area contributed by atoms with Crippen molar-refractivity contribution in [2.75, 3.05) is 23.9 Å². The maximum absolute atomic E-state index is 12.0. The van der Waals surface area contributed by atoms with Crippen molar-refractivity contribution in [3.8, 4) is 5.75 Å². The van der Waals surface area contributed by atoms with E-state index >= 15 is 0 Å². The fourth-order valence-corrected chi connectivity index (χ4v) is 2.21. The third kappa shape index (κ3) is 5.81. The zero-order valence-corrected chi connectivity index (χ0v) is 15.6. The fraction of sp³-hybridized carbons (Fsp3) is 0.300. The molecular formula is C20H25N3O3. The highest BCUT2D eigenvalue weighted by Gasteiger charge is 2.11. The second-order valence-electron chi connectivity index (χ2n) is 6.36. The summed E-state index contributed by atoms with van der Waals surface area (Å²) in [5, 5.41) is 5.60. The smallest absolute Gasteiger partial charge is 0.321 e. The lowest BCUT2D eigenvalue weighted by molar-refractivity contribution is -0.118. The predicted molar refractivity (Wildman–Crippen MR) is 104 cm³/mol. The molecule has 0 fully saturated rings. The maximum atomic E-state index is 12.0. The van der Waals surface area contributed by atoms with Gasteiger partial charge in [-0.05, 0) is 57.2 Å². The molecule has 0 aromatic heterocycles. The van der Waals surface area contributed by atoms with E-state index < -0.39 is 0 Å². The first-order valence-electron chi connectivity index (χ1n) is 8.49. The molecule has 2 aromatic carbocycles. The van der Waals surface area contributed by atoms with E-state index in [2.05, 4.69) is 10.6 Å². The zero-order chi connectivity index (χ0) is 19.1. The van der Waals surface area contributed by atoms with Gasteiger partial charge in [-0.2, -0.15) is 0 Å². The summed E-state index contributed by atoms with van der Waals surface area (Å²) in [6.45, 7) is 5.72. The molecule has 0 aliphatic heterocycles. The number of nitrogens with one attached hydrogen (secondary N) is 2. The Kier molecular flexibility index (Phi) is 6.60. The van der Waals surface area contributed by atoms with Crippen LogP contribution in [0.4, 0.5) is 16.2 Å². The molecule has 0 unspecified atom stereocenters. The first-order chi connectivity index (χ1) is 12.3. The predicted octanol–water partition coefficient (Wildman–Crippen LogP) is 3.57. The van der Waals surface area contributed by atoms with Crippen LogP contribution < -0.4 is 20.3 Å². The molecule has 26 heavy (non-hydrogen) atoms. The van der Waals surface area contributed by atoms with Gasteiger partial charge in [-0.25, -0.2) is 4.79 Å². The Balaban J connectivity index is 1.85. The second-order valence-corrected chi connectivity index (χ2v) is 6.36. The Hall–Kier alpha value is -3.02. The molecule has 0 saturated carbocycles. The number of hydrogen-bond donors (Lipinski definition) is 2. The molecule has 0 bridgehead atoms. The highest BCUT2D eigenvalue weighted by Crippen LogP contribution is 2.19. The van der Waals surface area contributed by atoms with Gasteiger partial charge in [0, 0.05) is 24.5 Å². The molecule has 0 spiro atoms. The van der Waals surface area contributed by atoms with Crippen molar-refractivity contribution in [1.29, 1.82) is 0 Å². The number of rotatable bonds is 6. The van der Waals surface area contributed by atoms with Gasteiger partial charge in [0.05, 0.1) is 0 Å². The summed E-state index contributed by atoms with van der Waals surface area (Å²) in [5.74, 6) is 0.330. The van der Waals surface area contributed by atoms with Crippen molar-refractivity contribution in [3.63, 3.8) is 0 Å². The van der Waals surface area contributed by atoms with Gasteiger partial charge in [0.25, 0.3) is 5.91 Å². The summed E-state index contributed by atoms with van der Waals surface area (Å²) in [5.41, 5.74) is 2.60. The standard InChI is InChI=1S/C20H25N3O3/c1-14(2)21-20(25)23(4)17-9-11-18(12-10-17)26-13-19(24)22-16-7-5-15(3)6-8-16/h5-12,14H,13H2,1-4H3,(H,21,25)(H,22,24). The molecule has 2 N–H and O–H groups in total. The van der Waals surface area contributed by atoms with Crippen LogP contribution in [0.5, 0.6) is 5.75 Å². The number of nitrogens with zero attached hydrogens (tertiary/aromatic N) is 1. The van der Waals surface area contributed by atoms with Gasteiger partial charge in [-0.3, -0.25) is 9.69 Å². The lowest BCUT2D eigenvalue weighted by Gasteiger charge is -2.20. The maximum Gasteiger partial charge on any atom is 0.321 e. The van der Waals surface area contributed by atoms with E-state index in [0.29, 0.717) is 5.75 Å². The Labute approximate surface area is 154 Å². The molecule has 0 aliphatic carbocycles. The Morgan fingerprint density at radius 3 is 2.23 bits per heavy atom. The molecule has 0 heterocycles. The van der Waals surface area contributed by atoms with Crippen LogP contribution in [0.2, 0.25) is 0 Å². The zero-order valence-electron chi connectivity index (χ0n) is 15.6. The van der Waals surface area contributed by atoms with Crippen LogP contribution in [0.15, 0.2) is 48.5 Å². The third-order valence-corrected chi connectivity index (χ3v) is 3.65. The van der Waals surface area contributed by atoms with Gasteiger partial charge in [-0.1, -0.05) is 17.7 Å². The minimum absolute atomic E-state index is 0.0691. The van der Waals surface area contributed by atoms with E-state index in [1.54, 1.807) is 31.3 Å². The molecule has 0 saturated heterocycles. The molecule has 6 nitrogen and oxygen atoms in total. The highest BCUT2D eigenvalue weighted by molar-refractivity contribution is 5.92. The normalized spacial score (nSPS) is 10.3. The van der Waals surface area contributed by atoms with E-state index in [1.165, 1.54) is 4.90 Å². The number of aryl methyl sites for hydroxylation is 1. The van der Waals surface area contributed by atoms with E-state index in [0.717, 1.165) is 16.9 Å². The van der Waals surface area contributed by atoms with Crippen molar-refractivity contribution >= 4 is 23.3 Å². The summed E-state index contributed by atoms with van der Waals surface area (Å²) < 4.78 is 5.49. The van der Waals surface area contributed by atoms with Gasteiger partial charge in [0.1, 0.15) is 5.75 Å². The van der Waals surface area contributed by atoms with Crippen molar-refractivity contribution in [3.05, 3.63) is 54.1 Å². The molecule has 0 radical (unpaired) electrons. The SMILES string of the molecule is Cc1ccc(NC(=O)COc2ccc(N(C)C(=O)NC(C)C)cc2)cc1. The van der Waals surface area contributed by atoms with Crippen LogP contribution in [-0.2, 0) is 4.79 Å². The summed E-state index contributed by atoms with van der Waals surface area (Å²) in [4.78, 5) is 25.4. The van der Waals surface area contributed by atoms with Crippen molar-refractivity contribution < 1.29 is 14.3 Å². The van der Waals surface area contributed by atoms with Gasteiger partial charge >= 0.3 is 6.03 Å². The van der Waals surface area contributed by atoms with Crippen LogP contribution in [-0.4, -0.2) is 31.6 Å².